The lowest BCUT2D eigenvalue weighted by Crippen LogP contribution is -3.00. The van der Waals surface area contributed by atoms with Gasteiger partial charge in [0.2, 0.25) is 0 Å². The number of piperidine rings is 2. The molecule has 0 aromatic carbocycles. The molecule has 0 unspecified atom stereocenters. The number of likely N-dealkylation sites (tertiary alicyclic amines) is 2. The van der Waals surface area contributed by atoms with E-state index in [9.17, 15) is 19.2 Å². The summed E-state index contributed by atoms with van der Waals surface area (Å²) in [5.74, 6) is -0.0108. The van der Waals surface area contributed by atoms with Crippen molar-refractivity contribution < 1.29 is 60.3 Å². The Hall–Kier alpha value is -1.98. The zero-order valence-electron chi connectivity index (χ0n) is 30.4. The van der Waals surface area contributed by atoms with Crippen LogP contribution < -0.4 is 17.0 Å². The van der Waals surface area contributed by atoms with Crippen LogP contribution in [0.3, 0.4) is 0 Å². The van der Waals surface area contributed by atoms with Crippen LogP contribution >= 0.6 is 0 Å². The summed E-state index contributed by atoms with van der Waals surface area (Å²) >= 11 is 0. The quantitative estimate of drug-likeness (QED) is 0.239. The molecule has 4 saturated carbocycles. The molecule has 278 valence electrons. The standard InChI is InChI=1S/C34H57N2O4.C4H4O4.BrH/c1-23(37)39-31-20-25-12-13-26-27(34(25,4)22-29(31)35-16-8-6-9-17-35)14-15-33(3)28(26)21-30(32(33)40-24(2)38)36(5)18-10-7-11-19-36;5-3(6)1-2-4(7)8;/h25-32H,6-22H2,1-5H3;1-2H,(H,5,6)(H,7,8);1H/q+1;;/p-1/b;2-1-;/t25-,26+,27-,28-,29-,30-,31-,32-,33-,34-;;/m0../s1. The second kappa shape index (κ2) is 16.1. The van der Waals surface area contributed by atoms with E-state index in [2.05, 4.69) is 25.8 Å². The second-order valence-corrected chi connectivity index (χ2v) is 16.8. The molecule has 2 heterocycles. The SMILES string of the molecule is CC(=O)O[C@H]1C[C@@H]2CC[C@@H]3[C@H](CC[C@@]4(C)[C@H]3C[C@H]([N+]3(C)CCCCC3)[C@@H]4OC(C)=O)[C@@]2(C)C[C@@H]1N1CCCCC1.O=C(O)/C=C\C(=O)O.[Br-]. The molecule has 0 radical (unpaired) electrons. The maximum Gasteiger partial charge on any atom is 0.328 e. The second-order valence-electron chi connectivity index (χ2n) is 16.8. The van der Waals surface area contributed by atoms with Crippen molar-refractivity contribution in [3.05, 3.63) is 12.2 Å². The van der Waals surface area contributed by atoms with Crippen molar-refractivity contribution in [2.45, 2.75) is 135 Å². The van der Waals surface area contributed by atoms with Gasteiger partial charge in [0.1, 0.15) is 12.1 Å². The molecule has 0 spiro atoms. The molecule has 11 heteroatoms. The largest absolute Gasteiger partial charge is 1.00 e. The van der Waals surface area contributed by atoms with Gasteiger partial charge in [-0.05, 0) is 113 Å². The van der Waals surface area contributed by atoms with Crippen molar-refractivity contribution >= 4 is 23.9 Å². The zero-order chi connectivity index (χ0) is 34.9. The van der Waals surface area contributed by atoms with E-state index in [4.69, 9.17) is 19.7 Å². The molecule has 6 fully saturated rings. The van der Waals surface area contributed by atoms with Crippen LogP contribution in [-0.4, -0.2) is 101 Å². The molecule has 0 aromatic rings. The first kappa shape index (κ1) is 39.8. The number of likely N-dealkylation sites (N-methyl/N-ethyl adjacent to an activating group) is 1. The van der Waals surface area contributed by atoms with Gasteiger partial charge in [-0.1, -0.05) is 20.3 Å². The van der Waals surface area contributed by atoms with Crippen molar-refractivity contribution in [3.63, 3.8) is 0 Å². The fourth-order valence-corrected chi connectivity index (χ4v) is 11.9. The van der Waals surface area contributed by atoms with E-state index in [0.29, 0.717) is 47.4 Å². The van der Waals surface area contributed by atoms with Crippen LogP contribution in [0.4, 0.5) is 0 Å². The van der Waals surface area contributed by atoms with Crippen LogP contribution in [0.5, 0.6) is 0 Å². The van der Waals surface area contributed by atoms with Gasteiger partial charge in [0.15, 0.2) is 6.10 Å². The number of carbonyl (C=O) groups excluding carboxylic acids is 2. The molecule has 49 heavy (non-hydrogen) atoms. The third-order valence-electron chi connectivity index (χ3n) is 14.1. The number of hydrogen-bond donors (Lipinski definition) is 2. The normalized spacial score (nSPS) is 39.9. The first-order valence-corrected chi connectivity index (χ1v) is 18.7. The van der Waals surface area contributed by atoms with Crippen LogP contribution in [0.2, 0.25) is 0 Å². The Labute approximate surface area is 303 Å². The van der Waals surface area contributed by atoms with Crippen LogP contribution in [0.15, 0.2) is 12.2 Å². The lowest BCUT2D eigenvalue weighted by atomic mass is 9.44. The van der Waals surface area contributed by atoms with E-state index >= 15 is 0 Å². The minimum absolute atomic E-state index is 0. The predicted octanol–water partition coefficient (Wildman–Crippen LogP) is 2.68. The summed E-state index contributed by atoms with van der Waals surface area (Å²) in [5.41, 5.74) is 0.377. The zero-order valence-corrected chi connectivity index (χ0v) is 32.0. The van der Waals surface area contributed by atoms with E-state index in [-0.39, 0.29) is 46.5 Å². The van der Waals surface area contributed by atoms with E-state index < -0.39 is 11.9 Å². The Morgan fingerprint density at radius 3 is 1.94 bits per heavy atom. The van der Waals surface area contributed by atoms with Gasteiger partial charge < -0.3 is 41.2 Å². The van der Waals surface area contributed by atoms with E-state index in [1.807, 2.05) is 0 Å². The molecule has 6 rings (SSSR count). The molecule has 0 bridgehead atoms. The molecule has 6 aliphatic rings. The highest BCUT2D eigenvalue weighted by atomic mass is 79.9. The number of nitrogens with zero attached hydrogens (tertiary/aromatic N) is 2. The minimum Gasteiger partial charge on any atom is -1.00 e. The highest BCUT2D eigenvalue weighted by Gasteiger charge is 2.67. The summed E-state index contributed by atoms with van der Waals surface area (Å²) in [6, 6.07) is 0.796. The van der Waals surface area contributed by atoms with Crippen molar-refractivity contribution in [1.29, 1.82) is 0 Å². The molecule has 10 nitrogen and oxygen atoms in total. The fourth-order valence-electron chi connectivity index (χ4n) is 11.9. The molecular weight excluding hydrogens is 692 g/mol. The summed E-state index contributed by atoms with van der Waals surface area (Å²) in [7, 11) is 2.47. The summed E-state index contributed by atoms with van der Waals surface area (Å²) in [6.07, 6.45) is 17.4. The highest BCUT2D eigenvalue weighted by molar-refractivity contribution is 5.89. The number of rotatable bonds is 6. The summed E-state index contributed by atoms with van der Waals surface area (Å²) in [6.45, 7) is 13.1. The molecule has 0 amide bonds. The lowest BCUT2D eigenvalue weighted by molar-refractivity contribution is -0.940. The molecule has 4 aliphatic carbocycles. The first-order chi connectivity index (χ1) is 22.7. The summed E-state index contributed by atoms with van der Waals surface area (Å²) in [5, 5.41) is 15.6. The van der Waals surface area contributed by atoms with E-state index in [1.54, 1.807) is 13.8 Å². The topological polar surface area (TPSA) is 130 Å². The number of carbonyl (C=O) groups is 4. The number of esters is 2. The van der Waals surface area contributed by atoms with Gasteiger partial charge in [0.05, 0.1) is 20.1 Å². The lowest BCUT2D eigenvalue weighted by Gasteiger charge is -2.62. The Morgan fingerprint density at radius 1 is 0.776 bits per heavy atom. The maximum atomic E-state index is 12.5. The smallest absolute Gasteiger partial charge is 0.328 e. The number of quaternary nitrogens is 1. The molecular formula is C38H61BrN2O8. The number of hydrogen-bond acceptors (Lipinski definition) is 7. The molecule has 0 aromatic heterocycles. The molecule has 10 atom stereocenters. The Morgan fingerprint density at radius 2 is 1.37 bits per heavy atom. The van der Waals surface area contributed by atoms with Gasteiger partial charge in [-0.2, -0.15) is 0 Å². The molecule has 2 aliphatic heterocycles. The van der Waals surface area contributed by atoms with Gasteiger partial charge in [-0.25, -0.2) is 9.59 Å². The predicted molar refractivity (Wildman–Crippen MR) is 181 cm³/mol. The third kappa shape index (κ3) is 8.40. The minimum atomic E-state index is -1.26. The van der Waals surface area contributed by atoms with Crippen molar-refractivity contribution in [2.75, 3.05) is 33.2 Å². The van der Waals surface area contributed by atoms with Gasteiger partial charge in [-0.3, -0.25) is 14.5 Å². The Bertz CT molecular complexity index is 1220. The van der Waals surface area contributed by atoms with Crippen LogP contribution in [0.25, 0.3) is 0 Å². The summed E-state index contributed by atoms with van der Waals surface area (Å²) < 4.78 is 13.5. The van der Waals surface area contributed by atoms with E-state index in [0.717, 1.165) is 29.9 Å². The number of aliphatic carboxylic acids is 2. The summed E-state index contributed by atoms with van der Waals surface area (Å²) in [4.78, 5) is 46.5. The number of carboxylic acid groups (broad SMARTS) is 2. The Kier molecular flexibility index (Phi) is 13.1. The maximum absolute atomic E-state index is 12.5. The number of fused-ring (bicyclic) bond motifs is 5. The van der Waals surface area contributed by atoms with Crippen molar-refractivity contribution in [2.24, 2.45) is 34.5 Å². The van der Waals surface area contributed by atoms with Crippen LogP contribution in [0, 0.1) is 34.5 Å². The highest BCUT2D eigenvalue weighted by Crippen LogP contribution is 2.67. The van der Waals surface area contributed by atoms with Crippen LogP contribution in [0.1, 0.15) is 111 Å². The number of halogens is 1. The number of ether oxygens (including phenoxy) is 2. The van der Waals surface area contributed by atoms with Gasteiger partial charge in [0, 0.05) is 43.9 Å². The number of carboxylic acids is 2. The first-order valence-electron chi connectivity index (χ1n) is 18.7. The monoisotopic (exact) mass is 752 g/mol. The van der Waals surface area contributed by atoms with Gasteiger partial charge >= 0.3 is 23.9 Å². The van der Waals surface area contributed by atoms with Crippen molar-refractivity contribution in [3.8, 4) is 0 Å². The average molecular weight is 754 g/mol. The average Bonchev–Trinajstić information content (AvgIpc) is 3.33. The molecule has 2 saturated heterocycles. The van der Waals surface area contributed by atoms with E-state index in [1.165, 1.54) is 90.1 Å². The molecule has 2 N–H and O–H groups in total. The van der Waals surface area contributed by atoms with Crippen LogP contribution in [-0.2, 0) is 28.7 Å². The van der Waals surface area contributed by atoms with Gasteiger partial charge in [0.25, 0.3) is 0 Å². The fraction of sp³-hybridized carbons (Fsp3) is 0.842. The van der Waals surface area contributed by atoms with Crippen molar-refractivity contribution in [1.82, 2.24) is 4.90 Å². The third-order valence-corrected chi connectivity index (χ3v) is 14.1. The Balaban J connectivity index is 0.000000538. The van der Waals surface area contributed by atoms with Gasteiger partial charge in [-0.15, -0.1) is 0 Å².